The van der Waals surface area contributed by atoms with Crippen molar-refractivity contribution in [2.45, 2.75) is 38.5 Å². The van der Waals surface area contributed by atoms with Crippen LogP contribution in [0.25, 0.3) is 0 Å². The molecule has 2 atom stereocenters. The van der Waals surface area contributed by atoms with E-state index in [1.807, 2.05) is 55.5 Å². The number of ether oxygens (including phenoxy) is 2. The predicted octanol–water partition coefficient (Wildman–Crippen LogP) is 3.04. The molecule has 3 rings (SSSR count). The van der Waals surface area contributed by atoms with Crippen molar-refractivity contribution in [1.82, 2.24) is 5.32 Å². The standard InChI is InChI=1S/C20H21NO5/c1-13-6-2-4-8-15(13)25-16-9-5-3-7-14(16)12-21-19(22)17-10-11-18(26-17)20(23)24/h2-9,17-18H,10-12H2,1H3,(H,21,22)(H,23,24)/t17-,18+/m0/s1. The number of amides is 1. The number of carboxylic acids is 1. The van der Waals surface area contributed by atoms with Crippen LogP contribution in [0.4, 0.5) is 0 Å². The first-order valence-electron chi connectivity index (χ1n) is 8.52. The van der Waals surface area contributed by atoms with Gasteiger partial charge in [-0.25, -0.2) is 4.79 Å². The highest BCUT2D eigenvalue weighted by atomic mass is 16.5. The monoisotopic (exact) mass is 355 g/mol. The number of aliphatic carboxylic acids is 1. The molecular formula is C20H21NO5. The smallest absolute Gasteiger partial charge is 0.332 e. The van der Waals surface area contributed by atoms with Crippen molar-refractivity contribution in [2.75, 3.05) is 0 Å². The quantitative estimate of drug-likeness (QED) is 0.832. The predicted molar refractivity (Wildman–Crippen MR) is 95.1 cm³/mol. The summed E-state index contributed by atoms with van der Waals surface area (Å²) in [6.45, 7) is 2.24. The first kappa shape index (κ1) is 17.9. The van der Waals surface area contributed by atoms with E-state index in [2.05, 4.69) is 5.32 Å². The molecule has 1 saturated heterocycles. The fraction of sp³-hybridized carbons (Fsp3) is 0.300. The lowest BCUT2D eigenvalue weighted by Gasteiger charge is -2.15. The zero-order valence-corrected chi connectivity index (χ0v) is 14.5. The van der Waals surface area contributed by atoms with E-state index in [1.54, 1.807) is 0 Å². The molecule has 0 aromatic heterocycles. The summed E-state index contributed by atoms with van der Waals surface area (Å²) in [5.74, 6) is 0.0873. The largest absolute Gasteiger partial charge is 0.479 e. The van der Waals surface area contributed by atoms with E-state index in [4.69, 9.17) is 14.6 Å². The lowest BCUT2D eigenvalue weighted by Crippen LogP contribution is -2.35. The molecule has 6 nitrogen and oxygen atoms in total. The third-order valence-corrected chi connectivity index (χ3v) is 4.33. The lowest BCUT2D eigenvalue weighted by molar-refractivity contribution is -0.151. The van der Waals surface area contributed by atoms with E-state index in [0.717, 1.165) is 16.9 Å². The van der Waals surface area contributed by atoms with Crippen LogP contribution < -0.4 is 10.1 Å². The van der Waals surface area contributed by atoms with Crippen molar-refractivity contribution < 1.29 is 24.2 Å². The molecule has 0 bridgehead atoms. The van der Waals surface area contributed by atoms with Crippen LogP contribution in [0.15, 0.2) is 48.5 Å². The van der Waals surface area contributed by atoms with Gasteiger partial charge in [0.15, 0.2) is 6.10 Å². The molecule has 0 saturated carbocycles. The second kappa shape index (κ2) is 8.01. The van der Waals surface area contributed by atoms with Gasteiger partial charge in [-0.05, 0) is 37.5 Å². The number of carboxylic acid groups (broad SMARTS) is 1. The number of nitrogens with one attached hydrogen (secondary N) is 1. The number of benzene rings is 2. The molecular weight excluding hydrogens is 334 g/mol. The van der Waals surface area contributed by atoms with E-state index in [0.29, 0.717) is 18.6 Å². The average molecular weight is 355 g/mol. The molecule has 6 heteroatoms. The molecule has 1 aliphatic rings. The number of carbonyl (C=O) groups excluding carboxylic acids is 1. The van der Waals surface area contributed by atoms with E-state index < -0.39 is 18.2 Å². The SMILES string of the molecule is Cc1ccccc1Oc1ccccc1CNC(=O)[C@@H]1CC[C@H](C(=O)O)O1. The van der Waals surface area contributed by atoms with Crippen LogP contribution in [0.2, 0.25) is 0 Å². The maximum Gasteiger partial charge on any atom is 0.332 e. The highest BCUT2D eigenvalue weighted by Crippen LogP contribution is 2.28. The molecule has 0 radical (unpaired) electrons. The Labute approximate surface area is 151 Å². The van der Waals surface area contributed by atoms with E-state index in [-0.39, 0.29) is 12.5 Å². The number of aryl methyl sites for hydroxylation is 1. The zero-order chi connectivity index (χ0) is 18.5. The third-order valence-electron chi connectivity index (χ3n) is 4.33. The van der Waals surface area contributed by atoms with Crippen LogP contribution in [0.1, 0.15) is 24.0 Å². The summed E-state index contributed by atoms with van der Waals surface area (Å²) in [7, 11) is 0. The van der Waals surface area contributed by atoms with Gasteiger partial charge in [-0.15, -0.1) is 0 Å². The maximum absolute atomic E-state index is 12.2. The van der Waals surface area contributed by atoms with Gasteiger partial charge in [-0.2, -0.15) is 0 Å². The summed E-state index contributed by atoms with van der Waals surface area (Å²) >= 11 is 0. The molecule has 136 valence electrons. The topological polar surface area (TPSA) is 84.9 Å². The average Bonchev–Trinajstić information content (AvgIpc) is 3.13. The highest BCUT2D eigenvalue weighted by molar-refractivity contribution is 5.82. The van der Waals surface area contributed by atoms with Crippen LogP contribution in [-0.2, 0) is 20.9 Å². The van der Waals surface area contributed by atoms with Crippen molar-refractivity contribution >= 4 is 11.9 Å². The van der Waals surface area contributed by atoms with Gasteiger partial charge in [0.05, 0.1) is 0 Å². The molecule has 2 N–H and O–H groups in total. The lowest BCUT2D eigenvalue weighted by atomic mass is 10.1. The van der Waals surface area contributed by atoms with Gasteiger partial charge >= 0.3 is 5.97 Å². The Morgan fingerprint density at radius 3 is 2.42 bits per heavy atom. The molecule has 1 fully saturated rings. The fourth-order valence-corrected chi connectivity index (χ4v) is 2.85. The van der Waals surface area contributed by atoms with Crippen LogP contribution in [0.3, 0.4) is 0 Å². The van der Waals surface area contributed by atoms with E-state index in [1.165, 1.54) is 0 Å². The van der Waals surface area contributed by atoms with E-state index >= 15 is 0 Å². The summed E-state index contributed by atoms with van der Waals surface area (Å²) in [5.41, 5.74) is 1.85. The number of hydrogen-bond donors (Lipinski definition) is 2. The normalized spacial score (nSPS) is 19.1. The summed E-state index contributed by atoms with van der Waals surface area (Å²) in [5, 5.41) is 11.8. The van der Waals surface area contributed by atoms with Crippen molar-refractivity contribution in [2.24, 2.45) is 0 Å². The van der Waals surface area contributed by atoms with E-state index in [9.17, 15) is 9.59 Å². The molecule has 0 spiro atoms. The number of para-hydroxylation sites is 2. The van der Waals surface area contributed by atoms with Gasteiger partial charge in [0, 0.05) is 12.1 Å². The van der Waals surface area contributed by atoms with Crippen LogP contribution in [-0.4, -0.2) is 29.2 Å². The van der Waals surface area contributed by atoms with Crippen LogP contribution in [0, 0.1) is 6.92 Å². The van der Waals surface area contributed by atoms with Gasteiger partial charge in [-0.3, -0.25) is 4.79 Å². The van der Waals surface area contributed by atoms with Gasteiger partial charge in [0.25, 0.3) is 0 Å². The summed E-state index contributed by atoms with van der Waals surface area (Å²) in [6, 6.07) is 15.2. The minimum atomic E-state index is -1.03. The number of carbonyl (C=O) groups is 2. The molecule has 0 unspecified atom stereocenters. The minimum absolute atomic E-state index is 0.276. The number of hydrogen-bond acceptors (Lipinski definition) is 4. The van der Waals surface area contributed by atoms with Crippen LogP contribution in [0.5, 0.6) is 11.5 Å². The van der Waals surface area contributed by atoms with Crippen molar-refractivity contribution in [3.63, 3.8) is 0 Å². The Bertz CT molecular complexity index is 804. The molecule has 1 aliphatic heterocycles. The van der Waals surface area contributed by atoms with Gasteiger partial charge in [0.2, 0.25) is 5.91 Å². The summed E-state index contributed by atoms with van der Waals surface area (Å²) < 4.78 is 11.3. The Balaban J connectivity index is 1.63. The third kappa shape index (κ3) is 4.21. The molecule has 2 aromatic carbocycles. The molecule has 1 heterocycles. The van der Waals surface area contributed by atoms with Gasteiger partial charge < -0.3 is 19.9 Å². The van der Waals surface area contributed by atoms with Crippen molar-refractivity contribution in [1.29, 1.82) is 0 Å². The Hall–Kier alpha value is -2.86. The Morgan fingerprint density at radius 2 is 1.73 bits per heavy atom. The summed E-state index contributed by atoms with van der Waals surface area (Å²) in [4.78, 5) is 23.2. The summed E-state index contributed by atoms with van der Waals surface area (Å²) in [6.07, 6.45) is -0.868. The maximum atomic E-state index is 12.2. The molecule has 2 aromatic rings. The van der Waals surface area contributed by atoms with Crippen LogP contribution >= 0.6 is 0 Å². The molecule has 1 amide bonds. The second-order valence-corrected chi connectivity index (χ2v) is 6.22. The van der Waals surface area contributed by atoms with Gasteiger partial charge in [0.1, 0.15) is 17.6 Å². The van der Waals surface area contributed by atoms with Gasteiger partial charge in [-0.1, -0.05) is 36.4 Å². The fourth-order valence-electron chi connectivity index (χ4n) is 2.85. The second-order valence-electron chi connectivity index (χ2n) is 6.22. The first-order chi connectivity index (χ1) is 12.5. The Morgan fingerprint density at radius 1 is 1.08 bits per heavy atom. The zero-order valence-electron chi connectivity index (χ0n) is 14.5. The Kier molecular flexibility index (Phi) is 5.53. The molecule has 26 heavy (non-hydrogen) atoms. The highest BCUT2D eigenvalue weighted by Gasteiger charge is 2.34. The molecule has 0 aliphatic carbocycles. The van der Waals surface area contributed by atoms with Crippen molar-refractivity contribution in [3.8, 4) is 11.5 Å². The first-order valence-corrected chi connectivity index (χ1v) is 8.52. The van der Waals surface area contributed by atoms with Crippen molar-refractivity contribution in [3.05, 3.63) is 59.7 Å². The number of rotatable bonds is 6. The minimum Gasteiger partial charge on any atom is -0.479 e.